The molecule has 0 fully saturated rings. The number of rotatable bonds is 5. The number of pyridine rings is 1. The lowest BCUT2D eigenvalue weighted by molar-refractivity contribution is 0.102. The molecule has 0 aliphatic carbocycles. The van der Waals surface area contributed by atoms with E-state index in [9.17, 15) is 4.79 Å². The number of carbonyl (C=O) groups is 1. The van der Waals surface area contributed by atoms with E-state index in [0.717, 1.165) is 5.69 Å². The van der Waals surface area contributed by atoms with Gasteiger partial charge in [-0.2, -0.15) is 0 Å². The van der Waals surface area contributed by atoms with Crippen LogP contribution in [0, 0.1) is 0 Å². The fraction of sp³-hybridized carbons (Fsp3) is 0.222. The molecule has 0 aliphatic rings. The molecule has 1 amide bonds. The van der Waals surface area contributed by atoms with E-state index in [2.05, 4.69) is 10.3 Å². The maximum absolute atomic E-state index is 12.8. The predicted octanol–water partition coefficient (Wildman–Crippen LogP) is 4.20. The van der Waals surface area contributed by atoms with Crippen LogP contribution in [0.15, 0.2) is 42.6 Å². The summed E-state index contributed by atoms with van der Waals surface area (Å²) in [5.74, 6) is 0.454. The molecule has 0 aliphatic heterocycles. The number of ether oxygens (including phenoxy) is 1. The van der Waals surface area contributed by atoms with Gasteiger partial charge < -0.3 is 10.1 Å². The Morgan fingerprint density at radius 3 is 2.67 bits per heavy atom. The average molecular weight is 344 g/mol. The molecule has 1 aromatic carbocycles. The number of anilines is 1. The normalized spacial score (nSPS) is 10.8. The van der Waals surface area contributed by atoms with Gasteiger partial charge in [-0.25, -0.2) is 4.98 Å². The topological polar surface area (TPSA) is 55.6 Å². The molecule has 3 rings (SSSR count). The number of halogens is 1. The van der Waals surface area contributed by atoms with Crippen LogP contribution in [0.2, 0.25) is 5.02 Å². The lowest BCUT2D eigenvalue weighted by Crippen LogP contribution is -2.16. The molecule has 5 nitrogen and oxygen atoms in total. The van der Waals surface area contributed by atoms with E-state index in [4.69, 9.17) is 16.3 Å². The highest BCUT2D eigenvalue weighted by molar-refractivity contribution is 6.30. The summed E-state index contributed by atoms with van der Waals surface area (Å²) in [6.45, 7) is 4.43. The van der Waals surface area contributed by atoms with Crippen LogP contribution in [-0.4, -0.2) is 21.9 Å². The molecular formula is C18H18ClN3O2. The first-order valence-corrected chi connectivity index (χ1v) is 8.21. The van der Waals surface area contributed by atoms with Gasteiger partial charge >= 0.3 is 0 Å². The van der Waals surface area contributed by atoms with E-state index in [0.29, 0.717) is 40.8 Å². The Morgan fingerprint density at radius 2 is 2.00 bits per heavy atom. The number of aromatic nitrogens is 2. The second-order valence-electron chi connectivity index (χ2n) is 5.22. The Kier molecular flexibility index (Phi) is 4.71. The van der Waals surface area contributed by atoms with Crippen molar-refractivity contribution in [2.45, 2.75) is 20.3 Å². The van der Waals surface area contributed by atoms with Crippen LogP contribution in [0.5, 0.6) is 5.75 Å². The Hall–Kier alpha value is -2.53. The largest absolute Gasteiger partial charge is 0.490 e. The third kappa shape index (κ3) is 3.08. The van der Waals surface area contributed by atoms with Gasteiger partial charge in [-0.3, -0.25) is 9.20 Å². The molecule has 124 valence electrons. The van der Waals surface area contributed by atoms with E-state index in [1.54, 1.807) is 28.7 Å². The highest BCUT2D eigenvalue weighted by Gasteiger charge is 2.20. The molecule has 0 radical (unpaired) electrons. The maximum atomic E-state index is 12.8. The first-order chi connectivity index (χ1) is 11.6. The first-order valence-electron chi connectivity index (χ1n) is 7.83. The zero-order valence-electron chi connectivity index (χ0n) is 13.5. The summed E-state index contributed by atoms with van der Waals surface area (Å²) >= 11 is 5.88. The van der Waals surface area contributed by atoms with E-state index in [1.807, 2.05) is 32.2 Å². The summed E-state index contributed by atoms with van der Waals surface area (Å²) in [5, 5.41) is 3.51. The number of imidazole rings is 1. The predicted molar refractivity (Wildman–Crippen MR) is 95.1 cm³/mol. The SMILES string of the molecule is CCOc1cccn2c(C(=O)Nc3ccc(Cl)cc3)c(CC)nc12. The number of fused-ring (bicyclic) bond motifs is 1. The molecule has 0 bridgehead atoms. The van der Waals surface area contributed by atoms with Crippen molar-refractivity contribution < 1.29 is 9.53 Å². The first kappa shape index (κ1) is 16.3. The summed E-state index contributed by atoms with van der Waals surface area (Å²) in [6.07, 6.45) is 2.47. The number of hydrogen-bond acceptors (Lipinski definition) is 3. The third-order valence-corrected chi connectivity index (χ3v) is 3.89. The fourth-order valence-electron chi connectivity index (χ4n) is 2.57. The number of benzene rings is 1. The van der Waals surface area contributed by atoms with Gasteiger partial charge in [-0.05, 0) is 49.7 Å². The Labute approximate surface area is 145 Å². The van der Waals surface area contributed by atoms with Crippen LogP contribution in [0.1, 0.15) is 30.0 Å². The number of carbonyl (C=O) groups excluding carboxylic acids is 1. The van der Waals surface area contributed by atoms with Gasteiger partial charge in [0.25, 0.3) is 5.91 Å². The second-order valence-corrected chi connectivity index (χ2v) is 5.66. The summed E-state index contributed by atoms with van der Waals surface area (Å²) in [7, 11) is 0. The Morgan fingerprint density at radius 1 is 1.25 bits per heavy atom. The number of aryl methyl sites for hydroxylation is 1. The van der Waals surface area contributed by atoms with Crippen molar-refractivity contribution in [1.82, 2.24) is 9.38 Å². The van der Waals surface area contributed by atoms with Gasteiger partial charge in [0.15, 0.2) is 11.4 Å². The van der Waals surface area contributed by atoms with Gasteiger partial charge in [-0.1, -0.05) is 18.5 Å². The summed E-state index contributed by atoms with van der Waals surface area (Å²) in [5.41, 5.74) is 2.58. The van der Waals surface area contributed by atoms with Crippen molar-refractivity contribution in [3.05, 3.63) is 59.0 Å². The minimum Gasteiger partial charge on any atom is -0.490 e. The third-order valence-electron chi connectivity index (χ3n) is 3.64. The zero-order valence-corrected chi connectivity index (χ0v) is 14.3. The number of amides is 1. The summed E-state index contributed by atoms with van der Waals surface area (Å²) in [6, 6.07) is 10.7. The van der Waals surface area contributed by atoms with Crippen LogP contribution < -0.4 is 10.1 Å². The molecule has 6 heteroatoms. The quantitative estimate of drug-likeness (QED) is 0.755. The van der Waals surface area contributed by atoms with Crippen molar-refractivity contribution in [1.29, 1.82) is 0 Å². The lowest BCUT2D eigenvalue weighted by Gasteiger charge is -2.08. The van der Waals surface area contributed by atoms with Gasteiger partial charge in [0.2, 0.25) is 0 Å². The van der Waals surface area contributed by atoms with E-state index >= 15 is 0 Å². The Bertz CT molecular complexity index is 872. The number of nitrogens with one attached hydrogen (secondary N) is 1. The van der Waals surface area contributed by atoms with Crippen molar-refractivity contribution in [2.24, 2.45) is 0 Å². The maximum Gasteiger partial charge on any atom is 0.274 e. The van der Waals surface area contributed by atoms with Crippen molar-refractivity contribution >= 4 is 28.8 Å². The Balaban J connectivity index is 2.02. The molecule has 0 unspecified atom stereocenters. The molecule has 0 spiro atoms. The van der Waals surface area contributed by atoms with Gasteiger partial charge in [0, 0.05) is 16.9 Å². The number of hydrogen-bond donors (Lipinski definition) is 1. The van der Waals surface area contributed by atoms with Gasteiger partial charge in [0.1, 0.15) is 5.69 Å². The van der Waals surface area contributed by atoms with E-state index in [1.165, 1.54) is 0 Å². The van der Waals surface area contributed by atoms with E-state index < -0.39 is 0 Å². The fourth-order valence-corrected chi connectivity index (χ4v) is 2.69. The minimum absolute atomic E-state index is 0.213. The number of nitrogens with zero attached hydrogens (tertiary/aromatic N) is 2. The molecule has 2 aromatic heterocycles. The molecule has 0 saturated heterocycles. The highest BCUT2D eigenvalue weighted by Crippen LogP contribution is 2.24. The standard InChI is InChI=1S/C18H18ClN3O2/c1-3-14-16(18(23)20-13-9-7-12(19)8-10-13)22-11-5-6-15(24-4-2)17(22)21-14/h5-11H,3-4H2,1-2H3,(H,20,23). The smallest absolute Gasteiger partial charge is 0.274 e. The van der Waals surface area contributed by atoms with E-state index in [-0.39, 0.29) is 5.91 Å². The van der Waals surface area contributed by atoms with Crippen LogP contribution in [0.25, 0.3) is 5.65 Å². The van der Waals surface area contributed by atoms with Crippen molar-refractivity contribution in [3.63, 3.8) is 0 Å². The molecule has 3 aromatic rings. The van der Waals surface area contributed by atoms with Crippen molar-refractivity contribution in [2.75, 3.05) is 11.9 Å². The zero-order chi connectivity index (χ0) is 17.1. The molecule has 2 heterocycles. The molecule has 24 heavy (non-hydrogen) atoms. The molecule has 0 saturated carbocycles. The van der Waals surface area contributed by atoms with Crippen LogP contribution >= 0.6 is 11.6 Å². The summed E-state index contributed by atoms with van der Waals surface area (Å²) in [4.78, 5) is 17.4. The lowest BCUT2D eigenvalue weighted by atomic mass is 10.2. The van der Waals surface area contributed by atoms with Crippen LogP contribution in [-0.2, 0) is 6.42 Å². The summed E-state index contributed by atoms with van der Waals surface area (Å²) < 4.78 is 7.39. The molecular weight excluding hydrogens is 326 g/mol. The van der Waals surface area contributed by atoms with Crippen molar-refractivity contribution in [3.8, 4) is 5.75 Å². The molecule has 1 N–H and O–H groups in total. The van der Waals surface area contributed by atoms with Gasteiger partial charge in [0.05, 0.1) is 12.3 Å². The monoisotopic (exact) mass is 343 g/mol. The van der Waals surface area contributed by atoms with Crippen LogP contribution in [0.4, 0.5) is 5.69 Å². The second kappa shape index (κ2) is 6.93. The van der Waals surface area contributed by atoms with Gasteiger partial charge in [-0.15, -0.1) is 0 Å². The highest BCUT2D eigenvalue weighted by atomic mass is 35.5. The molecule has 0 atom stereocenters. The average Bonchev–Trinajstić information content (AvgIpc) is 2.97. The minimum atomic E-state index is -0.213. The van der Waals surface area contributed by atoms with Crippen LogP contribution in [0.3, 0.4) is 0 Å².